The van der Waals surface area contributed by atoms with Crippen molar-refractivity contribution in [2.24, 2.45) is 0 Å². The minimum absolute atomic E-state index is 0.00168. The molecular formula is C19H22N4O2. The fraction of sp³-hybridized carbons (Fsp3) is 0.421. The molecule has 2 heterocycles. The minimum atomic E-state index is -0.0146. The number of aromatic nitrogens is 2. The van der Waals surface area contributed by atoms with Gasteiger partial charge in [-0.2, -0.15) is 10.4 Å². The highest BCUT2D eigenvalue weighted by Crippen LogP contribution is 2.25. The number of nitrogens with zero attached hydrogens (tertiary/aromatic N) is 4. The van der Waals surface area contributed by atoms with Crippen molar-refractivity contribution in [3.05, 3.63) is 46.8 Å². The van der Waals surface area contributed by atoms with Crippen LogP contribution in [0, 0.1) is 25.2 Å². The van der Waals surface area contributed by atoms with Gasteiger partial charge in [-0.25, -0.2) is 0 Å². The van der Waals surface area contributed by atoms with Gasteiger partial charge in [0.1, 0.15) is 6.07 Å². The average Bonchev–Trinajstić information content (AvgIpc) is 2.91. The maximum Gasteiger partial charge on any atom is 0.159 e. The molecule has 1 atom stereocenters. The van der Waals surface area contributed by atoms with Crippen LogP contribution in [-0.2, 0) is 11.3 Å². The van der Waals surface area contributed by atoms with E-state index in [1.165, 1.54) is 6.92 Å². The Labute approximate surface area is 147 Å². The first-order valence-corrected chi connectivity index (χ1v) is 8.40. The van der Waals surface area contributed by atoms with Crippen molar-refractivity contribution >= 4 is 11.5 Å². The molecule has 130 valence electrons. The number of morpholine rings is 1. The molecule has 0 bridgehead atoms. The molecule has 2 aromatic rings. The fourth-order valence-electron chi connectivity index (χ4n) is 3.21. The third-order valence-corrected chi connectivity index (χ3v) is 4.48. The monoisotopic (exact) mass is 338 g/mol. The van der Waals surface area contributed by atoms with Gasteiger partial charge in [-0.3, -0.25) is 9.48 Å². The Bertz CT molecular complexity index is 834. The normalized spacial score (nSPS) is 17.4. The van der Waals surface area contributed by atoms with Crippen LogP contribution >= 0.6 is 0 Å². The van der Waals surface area contributed by atoms with Crippen LogP contribution in [0.2, 0.25) is 0 Å². The summed E-state index contributed by atoms with van der Waals surface area (Å²) in [6, 6.07) is 9.51. The Hall–Kier alpha value is -2.65. The van der Waals surface area contributed by atoms with E-state index < -0.39 is 0 Å². The summed E-state index contributed by atoms with van der Waals surface area (Å²) >= 11 is 0. The number of hydrogen-bond acceptors (Lipinski definition) is 5. The van der Waals surface area contributed by atoms with E-state index in [1.807, 2.05) is 30.7 Å². The topological polar surface area (TPSA) is 71.2 Å². The van der Waals surface area contributed by atoms with Crippen LogP contribution in [0.5, 0.6) is 0 Å². The Morgan fingerprint density at radius 1 is 1.40 bits per heavy atom. The predicted octanol–water partition coefficient (Wildman–Crippen LogP) is 2.48. The zero-order chi connectivity index (χ0) is 18.0. The first-order valence-electron chi connectivity index (χ1n) is 8.40. The summed E-state index contributed by atoms with van der Waals surface area (Å²) in [6.07, 6.45) is -0.0146. The van der Waals surface area contributed by atoms with Crippen LogP contribution < -0.4 is 4.90 Å². The zero-order valence-corrected chi connectivity index (χ0v) is 14.8. The average molecular weight is 338 g/mol. The molecule has 0 aliphatic carbocycles. The third kappa shape index (κ3) is 3.72. The summed E-state index contributed by atoms with van der Waals surface area (Å²) in [5.74, 6) is -0.00168. The lowest BCUT2D eigenvalue weighted by atomic mass is 10.1. The lowest BCUT2D eigenvalue weighted by Crippen LogP contribution is -2.44. The molecule has 1 aliphatic rings. The van der Waals surface area contributed by atoms with Gasteiger partial charge < -0.3 is 9.64 Å². The van der Waals surface area contributed by atoms with Crippen molar-refractivity contribution in [3.63, 3.8) is 0 Å². The molecule has 0 amide bonds. The number of benzene rings is 1. The summed E-state index contributed by atoms with van der Waals surface area (Å²) in [5.41, 5.74) is 4.10. The number of ether oxygens (including phenoxy) is 1. The summed E-state index contributed by atoms with van der Waals surface area (Å²) in [4.78, 5) is 13.8. The molecule has 0 spiro atoms. The van der Waals surface area contributed by atoms with Crippen LogP contribution in [0.3, 0.4) is 0 Å². The van der Waals surface area contributed by atoms with Crippen LogP contribution in [0.1, 0.15) is 34.2 Å². The number of carbonyl (C=O) groups is 1. The molecule has 1 aromatic carbocycles. The largest absolute Gasteiger partial charge is 0.373 e. The number of Topliss-reactive ketones (excluding diaryl/α,β-unsaturated/α-hetero) is 1. The van der Waals surface area contributed by atoms with Gasteiger partial charge in [0.05, 0.1) is 36.2 Å². The second kappa shape index (κ2) is 7.08. The molecular weight excluding hydrogens is 316 g/mol. The Morgan fingerprint density at radius 2 is 2.20 bits per heavy atom. The second-order valence-electron chi connectivity index (χ2n) is 6.45. The van der Waals surface area contributed by atoms with Gasteiger partial charge in [-0.15, -0.1) is 0 Å². The van der Waals surface area contributed by atoms with Crippen molar-refractivity contribution in [2.45, 2.75) is 33.4 Å². The molecule has 25 heavy (non-hydrogen) atoms. The third-order valence-electron chi connectivity index (χ3n) is 4.48. The lowest BCUT2D eigenvalue weighted by Gasteiger charge is -2.35. The summed E-state index contributed by atoms with van der Waals surface area (Å²) in [5, 5.41) is 13.9. The van der Waals surface area contributed by atoms with Gasteiger partial charge in [-0.1, -0.05) is 0 Å². The number of nitriles is 1. The molecule has 1 aliphatic heterocycles. The highest BCUT2D eigenvalue weighted by molar-refractivity contribution is 5.95. The summed E-state index contributed by atoms with van der Waals surface area (Å²) < 4.78 is 7.86. The second-order valence-corrected chi connectivity index (χ2v) is 6.45. The van der Waals surface area contributed by atoms with E-state index in [9.17, 15) is 10.1 Å². The smallest absolute Gasteiger partial charge is 0.159 e. The van der Waals surface area contributed by atoms with Crippen molar-refractivity contribution < 1.29 is 9.53 Å². The molecule has 6 nitrogen and oxygen atoms in total. The van der Waals surface area contributed by atoms with Crippen LogP contribution in [0.15, 0.2) is 24.3 Å². The van der Waals surface area contributed by atoms with Gasteiger partial charge >= 0.3 is 0 Å². The number of aryl methyl sites for hydroxylation is 2. The molecule has 6 heteroatoms. The van der Waals surface area contributed by atoms with E-state index in [0.29, 0.717) is 37.4 Å². The van der Waals surface area contributed by atoms with E-state index >= 15 is 0 Å². The number of ketones is 1. The van der Waals surface area contributed by atoms with Gasteiger partial charge in [0.15, 0.2) is 5.78 Å². The first kappa shape index (κ1) is 17.2. The van der Waals surface area contributed by atoms with Crippen molar-refractivity contribution in [2.75, 3.05) is 24.6 Å². The maximum absolute atomic E-state index is 11.7. The van der Waals surface area contributed by atoms with Crippen molar-refractivity contribution in [3.8, 4) is 6.07 Å². The molecule has 1 saturated heterocycles. The molecule has 1 fully saturated rings. The van der Waals surface area contributed by atoms with E-state index in [-0.39, 0.29) is 11.9 Å². The van der Waals surface area contributed by atoms with Crippen LogP contribution in [0.4, 0.5) is 5.69 Å². The Morgan fingerprint density at radius 3 is 2.84 bits per heavy atom. The standard InChI is InChI=1S/C19H22N4O2/c1-13-8-14(2)23(21-13)12-18-11-22(6-7-25-18)19-9-16(15(3)24)4-5-17(19)10-20/h4-5,8-9,18H,6-7,11-12H2,1-3H3. The SMILES string of the molecule is CC(=O)c1ccc(C#N)c(N2CCOC(Cn3nc(C)cc3C)C2)c1. The molecule has 1 aromatic heterocycles. The van der Waals surface area contributed by atoms with Gasteiger partial charge in [0.25, 0.3) is 0 Å². The summed E-state index contributed by atoms with van der Waals surface area (Å²) in [7, 11) is 0. The van der Waals surface area contributed by atoms with E-state index in [1.54, 1.807) is 12.1 Å². The lowest BCUT2D eigenvalue weighted by molar-refractivity contribution is 0.0270. The van der Waals surface area contributed by atoms with E-state index in [0.717, 1.165) is 17.1 Å². The van der Waals surface area contributed by atoms with Crippen LogP contribution in [0.25, 0.3) is 0 Å². The van der Waals surface area contributed by atoms with Crippen molar-refractivity contribution in [1.29, 1.82) is 5.26 Å². The molecule has 3 rings (SSSR count). The molecule has 0 saturated carbocycles. The van der Waals surface area contributed by atoms with Gasteiger partial charge in [-0.05, 0) is 45.0 Å². The van der Waals surface area contributed by atoms with E-state index in [4.69, 9.17) is 4.74 Å². The van der Waals surface area contributed by atoms with Gasteiger partial charge in [0.2, 0.25) is 0 Å². The first-order chi connectivity index (χ1) is 12.0. The quantitative estimate of drug-likeness (QED) is 0.801. The zero-order valence-electron chi connectivity index (χ0n) is 14.8. The maximum atomic E-state index is 11.7. The summed E-state index contributed by atoms with van der Waals surface area (Å²) in [6.45, 7) is 8.16. The number of hydrogen-bond donors (Lipinski definition) is 0. The number of rotatable bonds is 4. The Kier molecular flexibility index (Phi) is 4.86. The Balaban J connectivity index is 1.81. The minimum Gasteiger partial charge on any atom is -0.373 e. The number of anilines is 1. The number of carbonyl (C=O) groups excluding carboxylic acids is 1. The highest BCUT2D eigenvalue weighted by atomic mass is 16.5. The van der Waals surface area contributed by atoms with Crippen molar-refractivity contribution in [1.82, 2.24) is 9.78 Å². The molecule has 0 radical (unpaired) electrons. The highest BCUT2D eigenvalue weighted by Gasteiger charge is 2.24. The predicted molar refractivity (Wildman–Crippen MR) is 94.8 cm³/mol. The fourth-order valence-corrected chi connectivity index (χ4v) is 3.21. The van der Waals surface area contributed by atoms with E-state index in [2.05, 4.69) is 16.1 Å². The van der Waals surface area contributed by atoms with Gasteiger partial charge in [0, 0.05) is 24.3 Å². The molecule has 0 N–H and O–H groups in total. The van der Waals surface area contributed by atoms with Crippen LogP contribution in [-0.4, -0.2) is 41.4 Å². The molecule has 1 unspecified atom stereocenters.